The summed E-state index contributed by atoms with van der Waals surface area (Å²) in [7, 11) is 0. The van der Waals surface area contributed by atoms with Crippen LogP contribution in [0.15, 0.2) is 48.5 Å². The molecule has 2 aromatic heterocycles. The standard InChI is InChI=1S/C20H19FN4O/c1-12(18-11-13-10-14(21)6-7-15(13)23-18)22-20(26)9-8-19-24-16-4-2-3-5-17(16)25-19/h2-7,10-12,23H,8-9H2,1H3,(H,22,26)(H,24,25). The Bertz CT molecular complexity index is 1050. The number of aromatic amines is 2. The Balaban J connectivity index is 1.38. The highest BCUT2D eigenvalue weighted by molar-refractivity contribution is 5.81. The number of aryl methyl sites for hydroxylation is 1. The fourth-order valence-corrected chi connectivity index (χ4v) is 3.11. The predicted molar refractivity (Wildman–Crippen MR) is 99.2 cm³/mol. The largest absolute Gasteiger partial charge is 0.357 e. The van der Waals surface area contributed by atoms with Crippen LogP contribution in [-0.4, -0.2) is 20.9 Å². The van der Waals surface area contributed by atoms with Gasteiger partial charge in [0, 0.05) is 29.4 Å². The maximum absolute atomic E-state index is 13.3. The Kier molecular flexibility index (Phi) is 4.16. The van der Waals surface area contributed by atoms with Gasteiger partial charge in [0.15, 0.2) is 0 Å². The van der Waals surface area contributed by atoms with Crippen molar-refractivity contribution in [3.05, 3.63) is 65.9 Å². The van der Waals surface area contributed by atoms with Crippen LogP contribution >= 0.6 is 0 Å². The minimum Gasteiger partial charge on any atom is -0.357 e. The fraction of sp³-hybridized carbons (Fsp3) is 0.200. The molecule has 132 valence electrons. The summed E-state index contributed by atoms with van der Waals surface area (Å²) in [6, 6.07) is 14.1. The van der Waals surface area contributed by atoms with Crippen molar-refractivity contribution < 1.29 is 9.18 Å². The Hall–Kier alpha value is -3.15. The van der Waals surface area contributed by atoms with Gasteiger partial charge in [-0.3, -0.25) is 4.79 Å². The van der Waals surface area contributed by atoms with Crippen LogP contribution in [0, 0.1) is 5.82 Å². The van der Waals surface area contributed by atoms with Crippen molar-refractivity contribution in [2.45, 2.75) is 25.8 Å². The monoisotopic (exact) mass is 350 g/mol. The molecular formula is C20H19FN4O. The summed E-state index contributed by atoms with van der Waals surface area (Å²) in [4.78, 5) is 23.2. The van der Waals surface area contributed by atoms with E-state index in [0.29, 0.717) is 12.8 Å². The Morgan fingerprint density at radius 2 is 2.00 bits per heavy atom. The number of nitrogens with one attached hydrogen (secondary N) is 3. The number of rotatable bonds is 5. The smallest absolute Gasteiger partial charge is 0.220 e. The van der Waals surface area contributed by atoms with Crippen LogP contribution in [-0.2, 0) is 11.2 Å². The highest BCUT2D eigenvalue weighted by Crippen LogP contribution is 2.21. The number of nitrogens with zero attached hydrogens (tertiary/aromatic N) is 1. The van der Waals surface area contributed by atoms with E-state index in [1.165, 1.54) is 12.1 Å². The van der Waals surface area contributed by atoms with Crippen LogP contribution in [0.1, 0.15) is 30.9 Å². The van der Waals surface area contributed by atoms with E-state index >= 15 is 0 Å². The number of carbonyl (C=O) groups is 1. The number of carbonyl (C=O) groups excluding carboxylic acids is 1. The number of amides is 1. The lowest BCUT2D eigenvalue weighted by molar-refractivity contribution is -0.121. The number of imidazole rings is 1. The van der Waals surface area contributed by atoms with Crippen molar-refractivity contribution in [1.29, 1.82) is 0 Å². The molecule has 0 fully saturated rings. The van der Waals surface area contributed by atoms with E-state index in [9.17, 15) is 9.18 Å². The number of benzene rings is 2. The molecule has 0 spiro atoms. The molecule has 1 amide bonds. The van der Waals surface area contributed by atoms with Crippen LogP contribution < -0.4 is 5.32 Å². The third-order valence-electron chi connectivity index (χ3n) is 4.47. The quantitative estimate of drug-likeness (QED) is 0.509. The van der Waals surface area contributed by atoms with Gasteiger partial charge in [0.2, 0.25) is 5.91 Å². The molecule has 0 saturated heterocycles. The molecule has 3 N–H and O–H groups in total. The zero-order valence-electron chi connectivity index (χ0n) is 14.3. The number of H-pyrrole nitrogens is 2. The maximum atomic E-state index is 13.3. The van der Waals surface area contributed by atoms with E-state index in [-0.39, 0.29) is 17.8 Å². The first kappa shape index (κ1) is 16.3. The van der Waals surface area contributed by atoms with Crippen LogP contribution in [0.25, 0.3) is 21.9 Å². The van der Waals surface area contributed by atoms with Gasteiger partial charge in [0.25, 0.3) is 0 Å². The average molecular weight is 350 g/mol. The van der Waals surface area contributed by atoms with Crippen LogP contribution in [0.3, 0.4) is 0 Å². The zero-order chi connectivity index (χ0) is 18.1. The second kappa shape index (κ2) is 6.63. The molecular weight excluding hydrogens is 331 g/mol. The highest BCUT2D eigenvalue weighted by Gasteiger charge is 2.13. The molecule has 0 aliphatic heterocycles. The van der Waals surface area contributed by atoms with E-state index in [1.54, 1.807) is 6.07 Å². The summed E-state index contributed by atoms with van der Waals surface area (Å²) in [5.41, 5.74) is 3.58. The number of fused-ring (bicyclic) bond motifs is 2. The molecule has 5 nitrogen and oxygen atoms in total. The van der Waals surface area contributed by atoms with Crippen molar-refractivity contribution in [1.82, 2.24) is 20.3 Å². The van der Waals surface area contributed by atoms with Gasteiger partial charge in [-0.05, 0) is 43.3 Å². The van der Waals surface area contributed by atoms with Gasteiger partial charge >= 0.3 is 0 Å². The first-order valence-corrected chi connectivity index (χ1v) is 8.59. The molecule has 0 radical (unpaired) electrons. The van der Waals surface area contributed by atoms with Gasteiger partial charge in [-0.15, -0.1) is 0 Å². The van der Waals surface area contributed by atoms with E-state index in [2.05, 4.69) is 20.3 Å². The van der Waals surface area contributed by atoms with Crippen molar-refractivity contribution in [2.24, 2.45) is 0 Å². The van der Waals surface area contributed by atoms with Gasteiger partial charge in [-0.1, -0.05) is 12.1 Å². The lowest BCUT2D eigenvalue weighted by Gasteiger charge is -2.12. The minimum atomic E-state index is -0.273. The number of hydrogen-bond acceptors (Lipinski definition) is 2. The molecule has 0 bridgehead atoms. The molecule has 0 aliphatic rings. The molecule has 4 rings (SSSR count). The Morgan fingerprint density at radius 1 is 1.15 bits per heavy atom. The first-order chi connectivity index (χ1) is 12.6. The SMILES string of the molecule is CC(NC(=O)CCc1nc2ccccc2[nH]1)c1cc2cc(F)ccc2[nH]1. The summed E-state index contributed by atoms with van der Waals surface area (Å²) in [5.74, 6) is 0.475. The van der Waals surface area contributed by atoms with E-state index in [1.807, 2.05) is 37.3 Å². The maximum Gasteiger partial charge on any atom is 0.220 e. The summed E-state index contributed by atoms with van der Waals surface area (Å²) in [5, 5.41) is 3.76. The topological polar surface area (TPSA) is 73.6 Å². The minimum absolute atomic E-state index is 0.0530. The van der Waals surface area contributed by atoms with Crippen molar-refractivity contribution >= 4 is 27.8 Å². The summed E-state index contributed by atoms with van der Waals surface area (Å²) < 4.78 is 13.3. The molecule has 6 heteroatoms. The molecule has 1 atom stereocenters. The van der Waals surface area contributed by atoms with Crippen LogP contribution in [0.5, 0.6) is 0 Å². The molecule has 2 aromatic carbocycles. The van der Waals surface area contributed by atoms with Crippen molar-refractivity contribution in [3.8, 4) is 0 Å². The second-order valence-corrected chi connectivity index (χ2v) is 6.45. The molecule has 2 heterocycles. The Morgan fingerprint density at radius 3 is 2.85 bits per heavy atom. The van der Waals surface area contributed by atoms with Gasteiger partial charge in [0.05, 0.1) is 17.1 Å². The predicted octanol–water partition coefficient (Wildman–Crippen LogP) is 3.99. The van der Waals surface area contributed by atoms with Crippen molar-refractivity contribution in [2.75, 3.05) is 0 Å². The molecule has 26 heavy (non-hydrogen) atoms. The molecule has 0 saturated carbocycles. The molecule has 4 aromatic rings. The fourth-order valence-electron chi connectivity index (χ4n) is 3.11. The lowest BCUT2D eigenvalue weighted by atomic mass is 10.2. The molecule has 1 unspecified atom stereocenters. The van der Waals surface area contributed by atoms with Crippen LogP contribution in [0.2, 0.25) is 0 Å². The van der Waals surface area contributed by atoms with E-state index in [0.717, 1.165) is 33.5 Å². The second-order valence-electron chi connectivity index (χ2n) is 6.45. The Labute approximate surface area is 149 Å². The first-order valence-electron chi connectivity index (χ1n) is 8.59. The van der Waals surface area contributed by atoms with Gasteiger partial charge < -0.3 is 15.3 Å². The van der Waals surface area contributed by atoms with Crippen LogP contribution in [0.4, 0.5) is 4.39 Å². The molecule has 0 aliphatic carbocycles. The number of hydrogen-bond donors (Lipinski definition) is 3. The van der Waals surface area contributed by atoms with Gasteiger partial charge in [0.1, 0.15) is 11.6 Å². The number of para-hydroxylation sites is 2. The summed E-state index contributed by atoms with van der Waals surface area (Å²) in [6.45, 7) is 1.90. The van der Waals surface area contributed by atoms with Gasteiger partial charge in [-0.2, -0.15) is 0 Å². The summed E-state index contributed by atoms with van der Waals surface area (Å²) in [6.07, 6.45) is 0.893. The third kappa shape index (κ3) is 3.31. The van der Waals surface area contributed by atoms with E-state index in [4.69, 9.17) is 0 Å². The lowest BCUT2D eigenvalue weighted by Crippen LogP contribution is -2.27. The highest BCUT2D eigenvalue weighted by atomic mass is 19.1. The van der Waals surface area contributed by atoms with Gasteiger partial charge in [-0.25, -0.2) is 9.37 Å². The third-order valence-corrected chi connectivity index (χ3v) is 4.47. The van der Waals surface area contributed by atoms with E-state index < -0.39 is 0 Å². The number of halogens is 1. The number of aromatic nitrogens is 3. The van der Waals surface area contributed by atoms with Crippen molar-refractivity contribution in [3.63, 3.8) is 0 Å². The zero-order valence-corrected chi connectivity index (χ0v) is 14.3. The normalized spacial score (nSPS) is 12.5. The summed E-state index contributed by atoms with van der Waals surface area (Å²) >= 11 is 0. The average Bonchev–Trinajstić information content (AvgIpc) is 3.23.